The minimum absolute atomic E-state index is 0.117. The van der Waals surface area contributed by atoms with E-state index in [4.69, 9.17) is 4.74 Å². The molecule has 1 rings (SSSR count). The molecule has 1 amide bonds. The van der Waals surface area contributed by atoms with Gasteiger partial charge in [-0.05, 0) is 19.3 Å². The van der Waals surface area contributed by atoms with E-state index in [0.29, 0.717) is 12.6 Å². The van der Waals surface area contributed by atoms with Gasteiger partial charge in [-0.2, -0.15) is 0 Å². The van der Waals surface area contributed by atoms with Crippen molar-refractivity contribution in [1.29, 1.82) is 0 Å². The number of amides is 1. The zero-order chi connectivity index (χ0) is 10.6. The van der Waals surface area contributed by atoms with E-state index in [2.05, 4.69) is 5.32 Å². The van der Waals surface area contributed by atoms with Crippen molar-refractivity contribution in [2.24, 2.45) is 0 Å². The van der Waals surface area contributed by atoms with E-state index in [0.717, 1.165) is 12.8 Å². The number of nitrogens with zero attached hydrogens (tertiary/aromatic N) is 1. The van der Waals surface area contributed by atoms with Crippen LogP contribution in [0.25, 0.3) is 0 Å². The molecule has 0 radical (unpaired) electrons. The van der Waals surface area contributed by atoms with Gasteiger partial charge in [0.15, 0.2) is 0 Å². The Morgan fingerprint density at radius 2 is 2.21 bits per heavy atom. The van der Waals surface area contributed by atoms with Gasteiger partial charge >= 0.3 is 0 Å². The Kier molecular flexibility index (Phi) is 4.35. The lowest BCUT2D eigenvalue weighted by Gasteiger charge is -2.20. The van der Waals surface area contributed by atoms with Gasteiger partial charge in [0.2, 0.25) is 5.91 Å². The van der Waals surface area contributed by atoms with Crippen molar-refractivity contribution in [2.75, 3.05) is 27.7 Å². The van der Waals surface area contributed by atoms with Crippen LogP contribution in [0.5, 0.6) is 0 Å². The fourth-order valence-electron chi connectivity index (χ4n) is 1.82. The molecule has 14 heavy (non-hydrogen) atoms. The molecule has 1 saturated carbocycles. The van der Waals surface area contributed by atoms with Gasteiger partial charge in [0.1, 0.15) is 0 Å². The van der Waals surface area contributed by atoms with Crippen molar-refractivity contribution >= 4 is 5.91 Å². The molecule has 2 unspecified atom stereocenters. The third-order valence-corrected chi connectivity index (χ3v) is 2.77. The molecule has 0 saturated heterocycles. The second-order valence-electron chi connectivity index (χ2n) is 3.98. The highest BCUT2D eigenvalue weighted by Crippen LogP contribution is 2.21. The highest BCUT2D eigenvalue weighted by molar-refractivity contribution is 5.77. The third-order valence-electron chi connectivity index (χ3n) is 2.77. The first-order valence-electron chi connectivity index (χ1n) is 5.11. The van der Waals surface area contributed by atoms with Crippen LogP contribution in [-0.2, 0) is 9.53 Å². The number of ether oxygens (including phenoxy) is 1. The van der Waals surface area contributed by atoms with E-state index in [1.807, 2.05) is 0 Å². The van der Waals surface area contributed by atoms with Crippen molar-refractivity contribution in [1.82, 2.24) is 10.2 Å². The summed E-state index contributed by atoms with van der Waals surface area (Å²) in [5.41, 5.74) is 0. The summed E-state index contributed by atoms with van der Waals surface area (Å²) in [6.45, 7) is 0.414. The normalized spacial score (nSPS) is 26.5. The molecule has 0 spiro atoms. The zero-order valence-corrected chi connectivity index (χ0v) is 9.25. The topological polar surface area (TPSA) is 41.6 Å². The Hall–Kier alpha value is -0.610. The quantitative estimate of drug-likeness (QED) is 0.706. The first-order chi connectivity index (χ1) is 6.65. The van der Waals surface area contributed by atoms with Gasteiger partial charge in [0.25, 0.3) is 0 Å². The van der Waals surface area contributed by atoms with Crippen LogP contribution in [0.4, 0.5) is 0 Å². The average Bonchev–Trinajstić information content (AvgIpc) is 2.60. The van der Waals surface area contributed by atoms with E-state index in [9.17, 15) is 4.79 Å². The second-order valence-corrected chi connectivity index (χ2v) is 3.98. The van der Waals surface area contributed by atoms with Gasteiger partial charge in [-0.25, -0.2) is 0 Å². The largest absolute Gasteiger partial charge is 0.380 e. The minimum atomic E-state index is 0.117. The monoisotopic (exact) mass is 200 g/mol. The van der Waals surface area contributed by atoms with Crippen molar-refractivity contribution in [3.05, 3.63) is 0 Å². The van der Waals surface area contributed by atoms with Crippen LogP contribution in [0.15, 0.2) is 0 Å². The van der Waals surface area contributed by atoms with Crippen molar-refractivity contribution in [3.8, 4) is 0 Å². The molecule has 2 atom stereocenters. The Morgan fingerprint density at radius 1 is 1.50 bits per heavy atom. The number of carbonyl (C=O) groups is 1. The molecule has 0 aromatic carbocycles. The van der Waals surface area contributed by atoms with E-state index in [1.165, 1.54) is 6.42 Å². The van der Waals surface area contributed by atoms with Gasteiger partial charge in [-0.15, -0.1) is 0 Å². The number of likely N-dealkylation sites (N-methyl/N-ethyl adjacent to an activating group) is 1. The Balaban J connectivity index is 2.27. The van der Waals surface area contributed by atoms with Gasteiger partial charge in [0, 0.05) is 27.2 Å². The molecule has 1 N–H and O–H groups in total. The maximum atomic E-state index is 11.3. The maximum Gasteiger partial charge on any atom is 0.236 e. The number of methoxy groups -OCH3 is 1. The predicted molar refractivity (Wildman–Crippen MR) is 55.1 cm³/mol. The van der Waals surface area contributed by atoms with Crippen molar-refractivity contribution < 1.29 is 9.53 Å². The summed E-state index contributed by atoms with van der Waals surface area (Å²) in [7, 11) is 5.28. The van der Waals surface area contributed by atoms with Crippen molar-refractivity contribution in [3.63, 3.8) is 0 Å². The van der Waals surface area contributed by atoms with Gasteiger partial charge < -0.3 is 15.0 Å². The Labute approximate surface area is 85.6 Å². The summed E-state index contributed by atoms with van der Waals surface area (Å²) < 4.78 is 5.33. The first kappa shape index (κ1) is 11.5. The lowest BCUT2D eigenvalue weighted by atomic mass is 10.2. The molecule has 0 aromatic rings. The van der Waals surface area contributed by atoms with Crippen LogP contribution in [0.3, 0.4) is 0 Å². The number of hydrogen-bond acceptors (Lipinski definition) is 3. The van der Waals surface area contributed by atoms with Gasteiger partial charge in [-0.1, -0.05) is 0 Å². The van der Waals surface area contributed by atoms with Crippen LogP contribution in [0.1, 0.15) is 19.3 Å². The highest BCUT2D eigenvalue weighted by Gasteiger charge is 2.26. The lowest BCUT2D eigenvalue weighted by Crippen LogP contribution is -2.42. The Bertz CT molecular complexity index is 195. The average molecular weight is 200 g/mol. The summed E-state index contributed by atoms with van der Waals surface area (Å²) in [5, 5.41) is 3.25. The number of hydrogen-bond donors (Lipinski definition) is 1. The molecule has 4 heteroatoms. The number of rotatable bonds is 4. The fraction of sp³-hybridized carbons (Fsp3) is 0.900. The van der Waals surface area contributed by atoms with E-state index < -0.39 is 0 Å². The molecule has 1 aliphatic carbocycles. The molecule has 0 heterocycles. The molecular weight excluding hydrogens is 180 g/mol. The summed E-state index contributed by atoms with van der Waals surface area (Å²) in [6, 6.07) is 0.351. The molecular formula is C10H20N2O2. The van der Waals surface area contributed by atoms with Crippen LogP contribution < -0.4 is 5.32 Å². The van der Waals surface area contributed by atoms with E-state index >= 15 is 0 Å². The molecule has 0 bridgehead atoms. The maximum absolute atomic E-state index is 11.3. The summed E-state index contributed by atoms with van der Waals surface area (Å²) in [6.07, 6.45) is 3.68. The van der Waals surface area contributed by atoms with Crippen molar-refractivity contribution in [2.45, 2.75) is 31.4 Å². The number of carbonyl (C=O) groups excluding carboxylic acids is 1. The molecule has 0 aromatic heterocycles. The molecule has 0 aliphatic heterocycles. The standard InChI is InChI=1S/C10H20N2O2/c1-12(2)10(13)7-11-8-5-4-6-9(8)14-3/h8-9,11H,4-7H2,1-3H3. The third kappa shape index (κ3) is 2.96. The van der Waals surface area contributed by atoms with Gasteiger partial charge in [-0.3, -0.25) is 4.79 Å². The minimum Gasteiger partial charge on any atom is -0.380 e. The molecule has 1 aliphatic rings. The van der Waals surface area contributed by atoms with Crippen LogP contribution in [-0.4, -0.2) is 50.7 Å². The predicted octanol–water partition coefficient (Wildman–Crippen LogP) is 0.232. The molecule has 1 fully saturated rings. The summed E-state index contributed by atoms with van der Waals surface area (Å²) in [4.78, 5) is 12.9. The SMILES string of the molecule is COC1CCCC1NCC(=O)N(C)C. The van der Waals surface area contributed by atoms with E-state index in [-0.39, 0.29) is 12.0 Å². The second kappa shape index (κ2) is 5.32. The van der Waals surface area contributed by atoms with Crippen LogP contribution in [0.2, 0.25) is 0 Å². The number of nitrogens with one attached hydrogen (secondary N) is 1. The van der Waals surface area contributed by atoms with E-state index in [1.54, 1.807) is 26.1 Å². The lowest BCUT2D eigenvalue weighted by molar-refractivity contribution is -0.128. The molecule has 4 nitrogen and oxygen atoms in total. The first-order valence-corrected chi connectivity index (χ1v) is 5.11. The highest BCUT2D eigenvalue weighted by atomic mass is 16.5. The van der Waals surface area contributed by atoms with Crippen LogP contribution >= 0.6 is 0 Å². The van der Waals surface area contributed by atoms with Crippen LogP contribution in [0, 0.1) is 0 Å². The molecule has 82 valence electrons. The van der Waals surface area contributed by atoms with Gasteiger partial charge in [0.05, 0.1) is 12.6 Å². The smallest absolute Gasteiger partial charge is 0.236 e. The summed E-state index contributed by atoms with van der Waals surface area (Å²) in [5.74, 6) is 0.117. The fourth-order valence-corrected chi connectivity index (χ4v) is 1.82. The Morgan fingerprint density at radius 3 is 2.79 bits per heavy atom. The summed E-state index contributed by atoms with van der Waals surface area (Å²) >= 11 is 0. The zero-order valence-electron chi connectivity index (χ0n) is 9.25.